The molecule has 0 aliphatic carbocycles. The molecule has 6 heteroatoms. The van der Waals surface area contributed by atoms with Gasteiger partial charge in [-0.1, -0.05) is 50.2 Å². The number of para-hydroxylation sites is 1. The van der Waals surface area contributed by atoms with Crippen LogP contribution < -0.4 is 4.90 Å². The zero-order valence-corrected chi connectivity index (χ0v) is 16.8. The van der Waals surface area contributed by atoms with Gasteiger partial charge in [0.25, 0.3) is 5.91 Å². The van der Waals surface area contributed by atoms with E-state index in [1.807, 2.05) is 24.3 Å². The molecule has 0 aromatic heterocycles. The summed E-state index contributed by atoms with van der Waals surface area (Å²) in [5.74, 6) is -0.632. The first-order chi connectivity index (χ1) is 13.9. The largest absolute Gasteiger partial charge is 0.458 e. The Bertz CT molecular complexity index is 983. The van der Waals surface area contributed by atoms with Crippen molar-refractivity contribution in [3.8, 4) is 0 Å². The molecule has 0 bridgehead atoms. The number of hydrogen-bond acceptors (Lipinski definition) is 4. The van der Waals surface area contributed by atoms with E-state index in [1.54, 1.807) is 31.3 Å². The molecule has 1 atom stereocenters. The second-order valence-corrected chi connectivity index (χ2v) is 7.90. The molecule has 2 heterocycles. The Labute approximate surface area is 170 Å². The predicted molar refractivity (Wildman–Crippen MR) is 108 cm³/mol. The fourth-order valence-electron chi connectivity index (χ4n) is 4.15. The minimum absolute atomic E-state index is 0.0880. The van der Waals surface area contributed by atoms with Gasteiger partial charge in [0.1, 0.15) is 6.61 Å². The van der Waals surface area contributed by atoms with Crippen LogP contribution in [0, 0.1) is 0 Å². The Morgan fingerprint density at radius 3 is 2.48 bits per heavy atom. The molecule has 4 rings (SSSR count). The maximum Gasteiger partial charge on any atom is 0.354 e. The smallest absolute Gasteiger partial charge is 0.354 e. The summed E-state index contributed by atoms with van der Waals surface area (Å²) in [5.41, 5.74) is 1.52. The van der Waals surface area contributed by atoms with E-state index in [1.165, 1.54) is 15.4 Å². The normalized spacial score (nSPS) is 20.7. The van der Waals surface area contributed by atoms with Crippen LogP contribution in [0.4, 0.5) is 5.69 Å². The number of benzene rings is 2. The first-order valence-electron chi connectivity index (χ1n) is 9.82. The number of esters is 1. The van der Waals surface area contributed by atoms with Crippen LogP contribution in [0.3, 0.4) is 0 Å². The summed E-state index contributed by atoms with van der Waals surface area (Å²) in [5, 5.41) is 0. The van der Waals surface area contributed by atoms with E-state index in [0.29, 0.717) is 17.2 Å². The second kappa shape index (κ2) is 7.03. The van der Waals surface area contributed by atoms with Crippen LogP contribution in [0.2, 0.25) is 0 Å². The molecule has 0 N–H and O–H groups in total. The first kappa shape index (κ1) is 19.2. The summed E-state index contributed by atoms with van der Waals surface area (Å²) in [4.78, 5) is 41.7. The fraction of sp³-hybridized carbons (Fsp3) is 0.348. The molecule has 0 spiro atoms. The van der Waals surface area contributed by atoms with E-state index in [0.717, 1.165) is 5.56 Å². The van der Waals surface area contributed by atoms with E-state index in [-0.39, 0.29) is 31.3 Å². The van der Waals surface area contributed by atoms with Crippen molar-refractivity contribution >= 4 is 23.5 Å². The standard InChI is InChI=1S/C23H24N2O4/c1-15(2)17-10-8-16(9-11-17)14-29-22(28)23-13-12-20(26)25(23)19-7-5-4-6-18(19)21(27)24(23)3/h4-11,15H,12-14H2,1-3H3/t23-/m0/s1. The van der Waals surface area contributed by atoms with E-state index >= 15 is 0 Å². The van der Waals surface area contributed by atoms with Gasteiger partial charge in [-0.2, -0.15) is 0 Å². The van der Waals surface area contributed by atoms with Crippen LogP contribution in [0.25, 0.3) is 0 Å². The highest BCUT2D eigenvalue weighted by Crippen LogP contribution is 2.44. The molecule has 2 amide bonds. The lowest BCUT2D eigenvalue weighted by molar-refractivity contribution is -0.157. The van der Waals surface area contributed by atoms with Crippen molar-refractivity contribution in [1.29, 1.82) is 0 Å². The molecular formula is C23H24N2O4. The number of carbonyl (C=O) groups excluding carboxylic acids is 3. The summed E-state index contributed by atoms with van der Waals surface area (Å²) in [7, 11) is 1.56. The van der Waals surface area contributed by atoms with Crippen molar-refractivity contribution in [3.63, 3.8) is 0 Å². The molecule has 2 aliphatic heterocycles. The van der Waals surface area contributed by atoms with Crippen molar-refractivity contribution in [2.75, 3.05) is 11.9 Å². The van der Waals surface area contributed by atoms with Gasteiger partial charge in [0.2, 0.25) is 11.6 Å². The Kier molecular flexibility index (Phi) is 4.65. The third-order valence-corrected chi connectivity index (χ3v) is 5.88. The number of nitrogens with zero attached hydrogens (tertiary/aromatic N) is 2. The van der Waals surface area contributed by atoms with E-state index in [9.17, 15) is 14.4 Å². The van der Waals surface area contributed by atoms with E-state index in [4.69, 9.17) is 4.74 Å². The maximum absolute atomic E-state index is 13.3. The molecule has 6 nitrogen and oxygen atoms in total. The summed E-state index contributed by atoms with van der Waals surface area (Å²) in [6, 6.07) is 14.8. The molecule has 2 aromatic rings. The van der Waals surface area contributed by atoms with Crippen LogP contribution in [-0.4, -0.2) is 35.4 Å². The average Bonchev–Trinajstić information content (AvgIpc) is 3.09. The summed E-state index contributed by atoms with van der Waals surface area (Å²) >= 11 is 0. The second-order valence-electron chi connectivity index (χ2n) is 7.90. The molecule has 1 saturated heterocycles. The molecule has 150 valence electrons. The van der Waals surface area contributed by atoms with Gasteiger partial charge in [0.15, 0.2) is 0 Å². The predicted octanol–water partition coefficient (Wildman–Crippen LogP) is 3.46. The van der Waals surface area contributed by atoms with Crippen molar-refractivity contribution in [2.24, 2.45) is 0 Å². The van der Waals surface area contributed by atoms with Gasteiger partial charge in [-0.05, 0) is 29.2 Å². The quantitative estimate of drug-likeness (QED) is 0.748. The highest BCUT2D eigenvalue weighted by atomic mass is 16.5. The Morgan fingerprint density at radius 1 is 1.10 bits per heavy atom. The molecule has 0 unspecified atom stereocenters. The van der Waals surface area contributed by atoms with Crippen molar-refractivity contribution in [3.05, 3.63) is 65.2 Å². The van der Waals surface area contributed by atoms with Crippen molar-refractivity contribution in [1.82, 2.24) is 4.90 Å². The lowest BCUT2D eigenvalue weighted by atomic mass is 9.97. The number of amides is 2. The van der Waals surface area contributed by atoms with Crippen molar-refractivity contribution in [2.45, 2.75) is 44.9 Å². The number of hydrogen-bond donors (Lipinski definition) is 0. The van der Waals surface area contributed by atoms with Crippen LogP contribution in [0.15, 0.2) is 48.5 Å². The molecule has 29 heavy (non-hydrogen) atoms. The Morgan fingerprint density at radius 2 is 1.79 bits per heavy atom. The van der Waals surface area contributed by atoms with Crippen LogP contribution in [-0.2, 0) is 20.9 Å². The van der Waals surface area contributed by atoms with Gasteiger partial charge in [0, 0.05) is 19.9 Å². The number of ether oxygens (including phenoxy) is 1. The Balaban J connectivity index is 1.63. The monoisotopic (exact) mass is 392 g/mol. The SMILES string of the molecule is CC(C)c1ccc(COC(=O)[C@]23CCC(=O)N2c2ccccc2C(=O)N3C)cc1. The zero-order valence-electron chi connectivity index (χ0n) is 16.8. The number of rotatable bonds is 4. The van der Waals surface area contributed by atoms with Crippen LogP contribution >= 0.6 is 0 Å². The fourth-order valence-corrected chi connectivity index (χ4v) is 4.15. The highest BCUT2D eigenvalue weighted by molar-refractivity contribution is 6.15. The third kappa shape index (κ3) is 2.90. The van der Waals surface area contributed by atoms with E-state index in [2.05, 4.69) is 13.8 Å². The highest BCUT2D eigenvalue weighted by Gasteiger charge is 2.60. The van der Waals surface area contributed by atoms with Crippen molar-refractivity contribution < 1.29 is 19.1 Å². The van der Waals surface area contributed by atoms with E-state index < -0.39 is 11.6 Å². The van der Waals surface area contributed by atoms with Gasteiger partial charge in [-0.25, -0.2) is 4.79 Å². The van der Waals surface area contributed by atoms with Gasteiger partial charge >= 0.3 is 5.97 Å². The summed E-state index contributed by atoms with van der Waals surface area (Å²) in [6.07, 6.45) is 0.400. The van der Waals surface area contributed by atoms with Gasteiger partial charge < -0.3 is 9.64 Å². The maximum atomic E-state index is 13.3. The molecule has 2 aromatic carbocycles. The van der Waals surface area contributed by atoms with Gasteiger partial charge in [-0.3, -0.25) is 14.5 Å². The number of fused-ring (bicyclic) bond motifs is 3. The average molecular weight is 392 g/mol. The minimum atomic E-state index is -1.43. The number of anilines is 1. The zero-order chi connectivity index (χ0) is 20.8. The summed E-state index contributed by atoms with van der Waals surface area (Å²) in [6.45, 7) is 4.33. The number of likely N-dealkylation sites (N-methyl/N-ethyl adjacent to an activating group) is 1. The first-order valence-corrected chi connectivity index (χ1v) is 9.82. The lowest BCUT2D eigenvalue weighted by Gasteiger charge is -2.46. The van der Waals surface area contributed by atoms with Crippen LogP contribution in [0.1, 0.15) is 54.1 Å². The summed E-state index contributed by atoms with van der Waals surface area (Å²) < 4.78 is 5.63. The van der Waals surface area contributed by atoms with Gasteiger partial charge in [0.05, 0.1) is 11.3 Å². The molecular weight excluding hydrogens is 368 g/mol. The lowest BCUT2D eigenvalue weighted by Crippen LogP contribution is -2.67. The molecule has 2 aliphatic rings. The third-order valence-electron chi connectivity index (χ3n) is 5.88. The van der Waals surface area contributed by atoms with Gasteiger partial charge in [-0.15, -0.1) is 0 Å². The number of carbonyl (C=O) groups is 3. The minimum Gasteiger partial charge on any atom is -0.458 e. The molecule has 0 saturated carbocycles. The Hall–Kier alpha value is -3.15. The molecule has 0 radical (unpaired) electrons. The van der Waals surface area contributed by atoms with Crippen LogP contribution in [0.5, 0.6) is 0 Å². The topological polar surface area (TPSA) is 66.9 Å². The molecule has 1 fully saturated rings.